The average molecular weight is 293 g/mol. The van der Waals surface area contributed by atoms with E-state index in [9.17, 15) is 4.79 Å². The average Bonchev–Trinajstić information content (AvgIpc) is 3.20. The van der Waals surface area contributed by atoms with Gasteiger partial charge < -0.3 is 9.64 Å². The van der Waals surface area contributed by atoms with Crippen LogP contribution in [0.15, 0.2) is 0 Å². The van der Waals surface area contributed by atoms with E-state index in [4.69, 9.17) is 4.74 Å². The van der Waals surface area contributed by atoms with E-state index in [0.717, 1.165) is 19.7 Å². The fourth-order valence-corrected chi connectivity index (χ4v) is 4.68. The number of hydrogen-bond acceptors (Lipinski definition) is 4. The van der Waals surface area contributed by atoms with Gasteiger partial charge in [0.1, 0.15) is 0 Å². The molecule has 5 nitrogen and oxygen atoms in total. The van der Waals surface area contributed by atoms with Crippen molar-refractivity contribution in [2.75, 3.05) is 32.8 Å². The van der Waals surface area contributed by atoms with Crippen molar-refractivity contribution < 1.29 is 9.53 Å². The summed E-state index contributed by atoms with van der Waals surface area (Å²) in [4.78, 5) is 16.9. The third-order valence-electron chi connectivity index (χ3n) is 5.83. The summed E-state index contributed by atoms with van der Waals surface area (Å²) < 4.78 is 6.05. The van der Waals surface area contributed by atoms with Crippen molar-refractivity contribution in [2.24, 2.45) is 5.92 Å². The predicted octanol–water partition coefficient (Wildman–Crippen LogP) is 0.798. The number of rotatable bonds is 3. The van der Waals surface area contributed by atoms with Gasteiger partial charge in [0.15, 0.2) is 0 Å². The summed E-state index contributed by atoms with van der Waals surface area (Å²) in [5.41, 5.74) is 0. The lowest BCUT2D eigenvalue weighted by atomic mass is 10.0. The first kappa shape index (κ1) is 14.0. The third-order valence-corrected chi connectivity index (χ3v) is 5.83. The fourth-order valence-electron chi connectivity index (χ4n) is 4.68. The molecule has 3 aliphatic heterocycles. The Morgan fingerprint density at radius 1 is 1.19 bits per heavy atom. The number of amides is 1. The summed E-state index contributed by atoms with van der Waals surface area (Å²) in [6.45, 7) is 4.36. The highest BCUT2D eigenvalue weighted by atomic mass is 16.5. The second kappa shape index (κ2) is 5.86. The quantitative estimate of drug-likeness (QED) is 0.836. The lowest BCUT2D eigenvalue weighted by Gasteiger charge is -2.38. The zero-order valence-electron chi connectivity index (χ0n) is 12.8. The van der Waals surface area contributed by atoms with Gasteiger partial charge in [-0.2, -0.15) is 0 Å². The molecule has 118 valence electrons. The molecule has 0 aromatic rings. The zero-order valence-corrected chi connectivity index (χ0v) is 12.8. The van der Waals surface area contributed by atoms with E-state index in [2.05, 4.69) is 15.1 Å². The number of carbonyl (C=O) groups is 1. The van der Waals surface area contributed by atoms with Crippen LogP contribution < -0.4 is 5.32 Å². The molecule has 4 aliphatic rings. The number of nitrogens with one attached hydrogen (secondary N) is 1. The van der Waals surface area contributed by atoms with Gasteiger partial charge in [0, 0.05) is 19.1 Å². The number of nitrogens with zero attached hydrogens (tertiary/aromatic N) is 2. The molecule has 1 saturated carbocycles. The molecule has 3 unspecified atom stereocenters. The van der Waals surface area contributed by atoms with Crippen molar-refractivity contribution >= 4 is 5.91 Å². The van der Waals surface area contributed by atoms with Gasteiger partial charge >= 0.3 is 0 Å². The minimum Gasteiger partial charge on any atom is -0.373 e. The van der Waals surface area contributed by atoms with Crippen LogP contribution in [0.5, 0.6) is 0 Å². The molecule has 3 saturated heterocycles. The molecule has 3 heterocycles. The molecule has 3 atom stereocenters. The minimum atomic E-state index is 0.201. The standard InChI is InChI=1S/C16H27N3O2/c20-15-8-17-16(12-4-1-2-5-12)19(15)10-14-9-18-7-3-6-13(18)11-21-14/h12-14,16-17H,1-11H2. The summed E-state index contributed by atoms with van der Waals surface area (Å²) >= 11 is 0. The van der Waals surface area contributed by atoms with Gasteiger partial charge in [-0.15, -0.1) is 0 Å². The van der Waals surface area contributed by atoms with E-state index >= 15 is 0 Å². The van der Waals surface area contributed by atoms with E-state index in [1.54, 1.807) is 0 Å². The van der Waals surface area contributed by atoms with Gasteiger partial charge in [0.2, 0.25) is 5.91 Å². The Morgan fingerprint density at radius 3 is 2.90 bits per heavy atom. The van der Waals surface area contributed by atoms with Crippen LogP contribution >= 0.6 is 0 Å². The molecule has 1 aliphatic carbocycles. The summed E-state index contributed by atoms with van der Waals surface area (Å²) in [5, 5.41) is 3.44. The highest BCUT2D eigenvalue weighted by molar-refractivity contribution is 5.80. The molecule has 1 N–H and O–H groups in total. The molecule has 21 heavy (non-hydrogen) atoms. The largest absolute Gasteiger partial charge is 0.373 e. The van der Waals surface area contributed by atoms with Crippen LogP contribution in [-0.2, 0) is 9.53 Å². The maximum absolute atomic E-state index is 12.2. The first-order valence-electron chi connectivity index (χ1n) is 8.70. The van der Waals surface area contributed by atoms with E-state index < -0.39 is 0 Å². The van der Waals surface area contributed by atoms with Crippen LogP contribution in [0, 0.1) is 5.92 Å². The van der Waals surface area contributed by atoms with Crippen LogP contribution in [0.3, 0.4) is 0 Å². The Balaban J connectivity index is 1.38. The van der Waals surface area contributed by atoms with Crippen molar-refractivity contribution in [1.29, 1.82) is 0 Å². The van der Waals surface area contributed by atoms with Crippen molar-refractivity contribution in [2.45, 2.75) is 56.8 Å². The second-order valence-electron chi connectivity index (χ2n) is 7.16. The second-order valence-corrected chi connectivity index (χ2v) is 7.16. The summed E-state index contributed by atoms with van der Waals surface area (Å²) in [5.74, 6) is 0.915. The first-order chi connectivity index (χ1) is 10.3. The zero-order chi connectivity index (χ0) is 14.2. The molecule has 4 fully saturated rings. The number of fused-ring (bicyclic) bond motifs is 1. The Labute approximate surface area is 127 Å². The van der Waals surface area contributed by atoms with E-state index in [1.807, 2.05) is 0 Å². The fraction of sp³-hybridized carbons (Fsp3) is 0.938. The van der Waals surface area contributed by atoms with Gasteiger partial charge in [-0.25, -0.2) is 0 Å². The molecule has 5 heteroatoms. The lowest BCUT2D eigenvalue weighted by molar-refractivity contribution is -0.133. The van der Waals surface area contributed by atoms with Crippen molar-refractivity contribution in [1.82, 2.24) is 15.1 Å². The molecule has 1 amide bonds. The Bertz CT molecular complexity index is 397. The number of ether oxygens (including phenoxy) is 1. The number of carbonyl (C=O) groups excluding carboxylic acids is 1. The topological polar surface area (TPSA) is 44.8 Å². The maximum atomic E-state index is 12.2. The SMILES string of the molecule is O=C1CNC(C2CCCC2)N1CC1CN2CCCC2CO1. The summed E-state index contributed by atoms with van der Waals surface area (Å²) in [6.07, 6.45) is 8.21. The van der Waals surface area contributed by atoms with Gasteiger partial charge in [0.25, 0.3) is 0 Å². The summed E-state index contributed by atoms with van der Waals surface area (Å²) in [6, 6.07) is 0.638. The van der Waals surface area contributed by atoms with Crippen LogP contribution in [0.4, 0.5) is 0 Å². The molecule has 0 radical (unpaired) electrons. The highest BCUT2D eigenvalue weighted by Crippen LogP contribution is 2.31. The van der Waals surface area contributed by atoms with Gasteiger partial charge in [-0.1, -0.05) is 12.8 Å². The Kier molecular flexibility index (Phi) is 3.90. The van der Waals surface area contributed by atoms with Crippen molar-refractivity contribution in [3.8, 4) is 0 Å². The number of hydrogen-bond donors (Lipinski definition) is 1. The summed E-state index contributed by atoms with van der Waals surface area (Å²) in [7, 11) is 0. The molecular weight excluding hydrogens is 266 g/mol. The monoisotopic (exact) mass is 293 g/mol. The highest BCUT2D eigenvalue weighted by Gasteiger charge is 2.40. The molecule has 0 aromatic heterocycles. The van der Waals surface area contributed by atoms with E-state index in [0.29, 0.717) is 18.5 Å². The van der Waals surface area contributed by atoms with Gasteiger partial charge in [-0.05, 0) is 38.1 Å². The molecule has 0 spiro atoms. The van der Waals surface area contributed by atoms with Crippen LogP contribution in [-0.4, -0.2) is 66.8 Å². The maximum Gasteiger partial charge on any atom is 0.237 e. The van der Waals surface area contributed by atoms with Crippen LogP contribution in [0.2, 0.25) is 0 Å². The predicted molar refractivity (Wildman–Crippen MR) is 79.8 cm³/mol. The van der Waals surface area contributed by atoms with E-state index in [-0.39, 0.29) is 18.2 Å². The number of morpholine rings is 1. The van der Waals surface area contributed by atoms with Gasteiger partial charge in [0.05, 0.1) is 25.4 Å². The third kappa shape index (κ3) is 2.71. The van der Waals surface area contributed by atoms with Gasteiger partial charge in [-0.3, -0.25) is 15.0 Å². The minimum absolute atomic E-state index is 0.201. The Hall–Kier alpha value is -0.650. The van der Waals surface area contributed by atoms with Crippen molar-refractivity contribution in [3.63, 3.8) is 0 Å². The Morgan fingerprint density at radius 2 is 2.05 bits per heavy atom. The normalized spacial score (nSPS) is 38.4. The van der Waals surface area contributed by atoms with Crippen LogP contribution in [0.1, 0.15) is 38.5 Å². The van der Waals surface area contributed by atoms with E-state index in [1.165, 1.54) is 45.1 Å². The van der Waals surface area contributed by atoms with Crippen LogP contribution in [0.25, 0.3) is 0 Å². The smallest absolute Gasteiger partial charge is 0.237 e. The first-order valence-corrected chi connectivity index (χ1v) is 8.70. The van der Waals surface area contributed by atoms with Crippen molar-refractivity contribution in [3.05, 3.63) is 0 Å². The molecular formula is C16H27N3O2. The molecule has 0 aromatic carbocycles. The lowest BCUT2D eigenvalue weighted by Crippen LogP contribution is -2.53. The molecule has 4 rings (SSSR count). The molecule has 0 bridgehead atoms.